The average Bonchev–Trinajstić information content (AvgIpc) is 3.99. The van der Waals surface area contributed by atoms with Crippen LogP contribution in [0.3, 0.4) is 0 Å². The van der Waals surface area contributed by atoms with Gasteiger partial charge in [-0.3, -0.25) is 0 Å². The molecule has 3 aromatic heterocycles. The van der Waals surface area contributed by atoms with Gasteiger partial charge < -0.3 is 9.97 Å². The molecule has 5 heteroatoms. The van der Waals surface area contributed by atoms with Gasteiger partial charge in [0.25, 0.3) is 0 Å². The van der Waals surface area contributed by atoms with Crippen LogP contribution in [0.2, 0.25) is 0 Å². The van der Waals surface area contributed by atoms with E-state index in [1.807, 2.05) is 12.1 Å². The molecule has 0 aliphatic carbocycles. The smallest absolute Gasteiger partial charge is 0.123 e. The monoisotopic (exact) mass is 674 g/mol. The van der Waals surface area contributed by atoms with E-state index >= 15 is 0 Å². The first-order chi connectivity index (χ1) is 25.4. The van der Waals surface area contributed by atoms with Gasteiger partial charge in [0.15, 0.2) is 0 Å². The molecule has 9 rings (SSSR count). The zero-order chi connectivity index (χ0) is 35.3. The van der Waals surface area contributed by atoms with E-state index < -0.39 is 0 Å². The Morgan fingerprint density at radius 3 is 0.865 bits per heavy atom. The van der Waals surface area contributed by atoms with E-state index in [0.29, 0.717) is 0 Å². The second kappa shape index (κ2) is 12.6. The fourth-order valence-electron chi connectivity index (χ4n) is 7.20. The molecule has 0 radical (unpaired) electrons. The second-order valence-corrected chi connectivity index (χ2v) is 13.6. The highest BCUT2D eigenvalue weighted by atomic mass is 19.1. The SMILES string of the molecule is Cc1ccc(-c2c3nc(c(-c4ccc(C)cc4)c4ccc([nH]4)c(-c4ccc(F)cc4)c4nc(c(-c5ccc(C)cc5)c5ccc2[nH]5)C=C4)C=C3)cc1. The Kier molecular flexibility index (Phi) is 7.62. The Bertz CT molecular complexity index is 2350. The van der Waals surface area contributed by atoms with Gasteiger partial charge in [0.2, 0.25) is 0 Å². The quantitative estimate of drug-likeness (QED) is 0.195. The number of aromatic nitrogens is 4. The predicted octanol–water partition coefficient (Wildman–Crippen LogP) is 12.4. The summed E-state index contributed by atoms with van der Waals surface area (Å²) in [7, 11) is 0. The first-order valence-electron chi connectivity index (χ1n) is 17.5. The third kappa shape index (κ3) is 5.66. The first kappa shape index (κ1) is 31.4. The van der Waals surface area contributed by atoms with E-state index in [1.165, 1.54) is 28.8 Å². The number of nitrogens with one attached hydrogen (secondary N) is 2. The summed E-state index contributed by atoms with van der Waals surface area (Å²) in [6.45, 7) is 6.30. The summed E-state index contributed by atoms with van der Waals surface area (Å²) >= 11 is 0. The number of aromatic amines is 2. The van der Waals surface area contributed by atoms with Crippen LogP contribution >= 0.6 is 0 Å². The minimum Gasteiger partial charge on any atom is -0.354 e. The summed E-state index contributed by atoms with van der Waals surface area (Å²) in [5.74, 6) is -0.284. The molecule has 7 aromatic rings. The standard InChI is InChI=1S/C47H35FN4/c1-28-4-10-31(11-5-28)44-36-20-22-38(49-36)45(32-12-6-29(2)7-13-32)40-24-26-42(51-40)47(34-16-18-35(48)19-17-34)43-27-25-41(52-43)46(39-23-21-37(44)50-39)33-14-8-30(3)9-15-33/h4-27,49,52H,1-3H3. The molecule has 0 amide bonds. The largest absolute Gasteiger partial charge is 0.354 e. The molecule has 0 fully saturated rings. The van der Waals surface area contributed by atoms with E-state index in [9.17, 15) is 4.39 Å². The van der Waals surface area contributed by atoms with Gasteiger partial charge in [-0.15, -0.1) is 0 Å². The van der Waals surface area contributed by atoms with Crippen LogP contribution in [0.1, 0.15) is 39.5 Å². The summed E-state index contributed by atoms with van der Waals surface area (Å²) in [6, 6.07) is 40.9. The van der Waals surface area contributed by atoms with Crippen molar-refractivity contribution in [2.75, 3.05) is 0 Å². The molecule has 5 heterocycles. The maximum absolute atomic E-state index is 14.3. The topological polar surface area (TPSA) is 57.4 Å². The van der Waals surface area contributed by atoms with Crippen LogP contribution in [0.15, 0.2) is 121 Å². The van der Waals surface area contributed by atoms with Crippen LogP contribution in [-0.4, -0.2) is 19.9 Å². The van der Waals surface area contributed by atoms with Crippen molar-refractivity contribution in [3.8, 4) is 44.5 Å². The lowest BCUT2D eigenvalue weighted by Gasteiger charge is -2.07. The third-order valence-electron chi connectivity index (χ3n) is 9.91. The molecule has 52 heavy (non-hydrogen) atoms. The van der Waals surface area contributed by atoms with Crippen molar-refractivity contribution in [2.45, 2.75) is 20.8 Å². The molecular formula is C47H35FN4. The van der Waals surface area contributed by atoms with E-state index in [-0.39, 0.29) is 5.82 Å². The van der Waals surface area contributed by atoms with Gasteiger partial charge in [0.05, 0.1) is 22.8 Å². The Hall–Kier alpha value is -6.59. The van der Waals surface area contributed by atoms with Crippen molar-refractivity contribution in [2.24, 2.45) is 0 Å². The van der Waals surface area contributed by atoms with Crippen molar-refractivity contribution in [3.05, 3.63) is 167 Å². The van der Waals surface area contributed by atoms with E-state index in [0.717, 1.165) is 89.4 Å². The maximum Gasteiger partial charge on any atom is 0.123 e. The molecule has 0 spiro atoms. The number of H-pyrrole nitrogens is 2. The number of hydrogen-bond donors (Lipinski definition) is 2. The lowest BCUT2D eigenvalue weighted by atomic mass is 10.0. The van der Waals surface area contributed by atoms with Crippen LogP contribution in [0, 0.1) is 26.6 Å². The zero-order valence-electron chi connectivity index (χ0n) is 29.1. The number of halogens is 1. The van der Waals surface area contributed by atoms with Crippen LogP contribution in [0.4, 0.5) is 4.39 Å². The minimum atomic E-state index is -0.284. The van der Waals surface area contributed by atoms with Gasteiger partial charge in [0.1, 0.15) is 5.82 Å². The average molecular weight is 675 g/mol. The Labute approximate surface area is 301 Å². The zero-order valence-corrected chi connectivity index (χ0v) is 29.1. The molecule has 0 saturated carbocycles. The lowest BCUT2D eigenvalue weighted by molar-refractivity contribution is 0.628. The van der Waals surface area contributed by atoms with Crippen molar-refractivity contribution in [1.29, 1.82) is 0 Å². The molecule has 0 saturated heterocycles. The summed E-state index contributed by atoms with van der Waals surface area (Å²) in [6.07, 6.45) is 8.37. The van der Waals surface area contributed by atoms with E-state index in [4.69, 9.17) is 9.97 Å². The Balaban J connectivity index is 1.47. The van der Waals surface area contributed by atoms with Gasteiger partial charge in [-0.25, -0.2) is 14.4 Å². The molecule has 0 atom stereocenters. The highest BCUT2D eigenvalue weighted by Crippen LogP contribution is 2.38. The molecule has 250 valence electrons. The normalized spacial score (nSPS) is 12.1. The summed E-state index contributed by atoms with van der Waals surface area (Å²) in [4.78, 5) is 18.2. The van der Waals surface area contributed by atoms with Crippen LogP contribution in [0.5, 0.6) is 0 Å². The Morgan fingerprint density at radius 2 is 0.596 bits per heavy atom. The van der Waals surface area contributed by atoms with Crippen molar-refractivity contribution in [1.82, 2.24) is 19.9 Å². The lowest BCUT2D eigenvalue weighted by Crippen LogP contribution is -1.90. The molecule has 2 aliphatic heterocycles. The maximum atomic E-state index is 14.3. The van der Waals surface area contributed by atoms with Crippen molar-refractivity contribution >= 4 is 46.4 Å². The fourth-order valence-corrected chi connectivity index (χ4v) is 7.20. The number of hydrogen-bond acceptors (Lipinski definition) is 2. The van der Waals surface area contributed by atoms with Crippen LogP contribution in [-0.2, 0) is 0 Å². The summed E-state index contributed by atoms with van der Waals surface area (Å²) in [5.41, 5.74) is 18.6. The van der Waals surface area contributed by atoms with Gasteiger partial charge in [-0.2, -0.15) is 0 Å². The highest BCUT2D eigenvalue weighted by molar-refractivity contribution is 5.99. The number of rotatable bonds is 4. The van der Waals surface area contributed by atoms with Crippen LogP contribution < -0.4 is 0 Å². The van der Waals surface area contributed by atoms with E-state index in [1.54, 1.807) is 0 Å². The number of nitrogens with zero attached hydrogens (tertiary/aromatic N) is 2. The second-order valence-electron chi connectivity index (χ2n) is 13.6. The van der Waals surface area contributed by atoms with Gasteiger partial charge in [-0.05, 0) is 104 Å². The van der Waals surface area contributed by atoms with Gasteiger partial charge in [-0.1, -0.05) is 102 Å². The minimum absolute atomic E-state index is 0.284. The number of benzene rings is 4. The van der Waals surface area contributed by atoms with Gasteiger partial charge in [0, 0.05) is 44.3 Å². The van der Waals surface area contributed by atoms with Gasteiger partial charge >= 0.3 is 0 Å². The molecular weight excluding hydrogens is 640 g/mol. The molecule has 4 aromatic carbocycles. The molecule has 2 N–H and O–H groups in total. The fraction of sp³-hybridized carbons (Fsp3) is 0.0638. The first-order valence-corrected chi connectivity index (χ1v) is 17.5. The third-order valence-corrected chi connectivity index (χ3v) is 9.91. The number of fused-ring (bicyclic) bond motifs is 8. The molecule has 4 nitrogen and oxygen atoms in total. The summed E-state index contributed by atoms with van der Waals surface area (Å²) < 4.78 is 14.3. The molecule has 8 bridgehead atoms. The Morgan fingerprint density at radius 1 is 0.346 bits per heavy atom. The van der Waals surface area contributed by atoms with Crippen molar-refractivity contribution in [3.63, 3.8) is 0 Å². The summed E-state index contributed by atoms with van der Waals surface area (Å²) in [5, 5.41) is 0. The number of aryl methyl sites for hydroxylation is 3. The van der Waals surface area contributed by atoms with Crippen molar-refractivity contribution < 1.29 is 4.39 Å². The van der Waals surface area contributed by atoms with E-state index in [2.05, 4.69) is 152 Å². The highest BCUT2D eigenvalue weighted by Gasteiger charge is 2.19. The van der Waals surface area contributed by atoms with Crippen LogP contribution in [0.25, 0.3) is 90.9 Å². The molecule has 0 unspecified atom stereocenters. The molecule has 2 aliphatic rings. The predicted molar refractivity (Wildman–Crippen MR) is 215 cm³/mol.